The summed E-state index contributed by atoms with van der Waals surface area (Å²) in [5.74, 6) is 0.313. The van der Waals surface area contributed by atoms with Crippen LogP contribution in [0.15, 0.2) is 23.5 Å². The fourth-order valence-electron chi connectivity index (χ4n) is 1.98. The third kappa shape index (κ3) is 1.90. The first-order chi connectivity index (χ1) is 7.53. The van der Waals surface area contributed by atoms with Crippen molar-refractivity contribution < 1.29 is 13.6 Å². The lowest BCUT2D eigenvalue weighted by Crippen LogP contribution is -2.21. The lowest BCUT2D eigenvalue weighted by atomic mass is 10.2. The van der Waals surface area contributed by atoms with Crippen molar-refractivity contribution in [2.24, 2.45) is 10.9 Å². The van der Waals surface area contributed by atoms with E-state index >= 15 is 0 Å². The van der Waals surface area contributed by atoms with Gasteiger partial charge in [0.1, 0.15) is 0 Å². The predicted octanol–water partition coefficient (Wildman–Crippen LogP) is -0.0578. The Morgan fingerprint density at radius 3 is 2.94 bits per heavy atom. The van der Waals surface area contributed by atoms with Crippen molar-refractivity contribution in [2.75, 3.05) is 11.5 Å². The molecule has 1 atom stereocenters. The Kier molecular flexibility index (Phi) is 2.63. The van der Waals surface area contributed by atoms with E-state index in [2.05, 4.69) is 5.16 Å². The number of hydrogen-bond acceptors (Lipinski definition) is 4. The standard InChI is InChI=1S/C9H13N3O3S/c10-9(11-13)8-2-1-4-12(8)7-3-5-16(14,15)6-7/h1-2,4,7,13H,3,5-6H2,(H2,10,11). The van der Waals surface area contributed by atoms with Crippen LogP contribution in [-0.4, -0.2) is 35.5 Å². The molecule has 1 aromatic rings. The van der Waals surface area contributed by atoms with Crippen LogP contribution in [0.1, 0.15) is 18.2 Å². The first-order valence-corrected chi connectivity index (χ1v) is 6.71. The maximum absolute atomic E-state index is 11.4. The zero-order valence-corrected chi connectivity index (χ0v) is 9.39. The topological polar surface area (TPSA) is 97.7 Å². The van der Waals surface area contributed by atoms with Gasteiger partial charge >= 0.3 is 0 Å². The van der Waals surface area contributed by atoms with Gasteiger partial charge in [0.2, 0.25) is 0 Å². The molecule has 0 spiro atoms. The zero-order chi connectivity index (χ0) is 11.8. The second-order valence-electron chi connectivity index (χ2n) is 3.84. The highest BCUT2D eigenvalue weighted by atomic mass is 32.2. The number of aromatic nitrogens is 1. The van der Waals surface area contributed by atoms with Gasteiger partial charge in [-0.1, -0.05) is 5.16 Å². The van der Waals surface area contributed by atoms with Gasteiger partial charge in [-0.3, -0.25) is 0 Å². The molecule has 1 aliphatic heterocycles. The number of amidine groups is 1. The van der Waals surface area contributed by atoms with Crippen LogP contribution in [0.3, 0.4) is 0 Å². The molecule has 1 aromatic heterocycles. The quantitative estimate of drug-likeness (QED) is 0.329. The van der Waals surface area contributed by atoms with E-state index in [1.807, 2.05) is 0 Å². The highest BCUT2D eigenvalue weighted by molar-refractivity contribution is 7.91. The third-order valence-corrected chi connectivity index (χ3v) is 4.50. The van der Waals surface area contributed by atoms with Gasteiger partial charge in [-0.15, -0.1) is 0 Å². The summed E-state index contributed by atoms with van der Waals surface area (Å²) in [4.78, 5) is 0. The van der Waals surface area contributed by atoms with E-state index in [1.165, 1.54) is 0 Å². The number of nitrogens with zero attached hydrogens (tertiary/aromatic N) is 2. The summed E-state index contributed by atoms with van der Waals surface area (Å²) < 4.78 is 24.5. The minimum absolute atomic E-state index is 0.00528. The van der Waals surface area contributed by atoms with Crippen LogP contribution in [0, 0.1) is 0 Å². The molecule has 2 rings (SSSR count). The van der Waals surface area contributed by atoms with E-state index in [1.54, 1.807) is 22.9 Å². The van der Waals surface area contributed by atoms with Crippen LogP contribution < -0.4 is 5.73 Å². The Labute approximate surface area is 93.3 Å². The number of nitrogens with two attached hydrogens (primary N) is 1. The van der Waals surface area contributed by atoms with E-state index in [9.17, 15) is 8.42 Å². The van der Waals surface area contributed by atoms with Crippen LogP contribution >= 0.6 is 0 Å². The summed E-state index contributed by atoms with van der Waals surface area (Å²) in [7, 11) is -2.93. The first kappa shape index (κ1) is 11.0. The van der Waals surface area contributed by atoms with Gasteiger partial charge in [0.15, 0.2) is 15.7 Å². The van der Waals surface area contributed by atoms with Gasteiger partial charge in [0, 0.05) is 12.2 Å². The number of oxime groups is 1. The Morgan fingerprint density at radius 2 is 2.38 bits per heavy atom. The second kappa shape index (κ2) is 3.82. The summed E-state index contributed by atoms with van der Waals surface area (Å²) in [6, 6.07) is 3.33. The third-order valence-electron chi connectivity index (χ3n) is 2.75. The highest BCUT2D eigenvalue weighted by Gasteiger charge is 2.30. The van der Waals surface area contributed by atoms with Crippen LogP contribution in [0.5, 0.6) is 0 Å². The summed E-state index contributed by atoms with van der Waals surface area (Å²) in [5, 5.41) is 11.5. The van der Waals surface area contributed by atoms with Crippen LogP contribution in [-0.2, 0) is 9.84 Å². The van der Waals surface area contributed by atoms with Gasteiger partial charge in [-0.2, -0.15) is 0 Å². The van der Waals surface area contributed by atoms with Gasteiger partial charge in [-0.25, -0.2) is 8.42 Å². The van der Waals surface area contributed by atoms with Crippen molar-refractivity contribution in [1.82, 2.24) is 4.57 Å². The summed E-state index contributed by atoms with van der Waals surface area (Å²) in [5.41, 5.74) is 6.05. The smallest absolute Gasteiger partial charge is 0.186 e. The van der Waals surface area contributed by atoms with E-state index in [-0.39, 0.29) is 23.4 Å². The average molecular weight is 243 g/mol. The van der Waals surface area contributed by atoms with Crippen molar-refractivity contribution in [1.29, 1.82) is 0 Å². The molecule has 7 heteroatoms. The van der Waals surface area contributed by atoms with Gasteiger partial charge in [0.05, 0.1) is 17.2 Å². The zero-order valence-electron chi connectivity index (χ0n) is 8.57. The minimum atomic E-state index is -2.93. The summed E-state index contributed by atoms with van der Waals surface area (Å²) in [6.45, 7) is 0. The maximum Gasteiger partial charge on any atom is 0.186 e. The first-order valence-electron chi connectivity index (χ1n) is 4.88. The van der Waals surface area contributed by atoms with Crippen LogP contribution in [0.25, 0.3) is 0 Å². The van der Waals surface area contributed by atoms with E-state index in [0.29, 0.717) is 12.1 Å². The summed E-state index contributed by atoms with van der Waals surface area (Å²) >= 11 is 0. The van der Waals surface area contributed by atoms with Crippen molar-refractivity contribution in [3.63, 3.8) is 0 Å². The Balaban J connectivity index is 2.33. The molecule has 0 radical (unpaired) electrons. The van der Waals surface area contributed by atoms with Crippen molar-refractivity contribution in [2.45, 2.75) is 12.5 Å². The molecular weight excluding hydrogens is 230 g/mol. The molecule has 6 nitrogen and oxygen atoms in total. The highest BCUT2D eigenvalue weighted by Crippen LogP contribution is 2.25. The predicted molar refractivity (Wildman–Crippen MR) is 59.3 cm³/mol. The molecular formula is C9H13N3O3S. The van der Waals surface area contributed by atoms with Gasteiger partial charge in [-0.05, 0) is 18.6 Å². The summed E-state index contributed by atoms with van der Waals surface area (Å²) in [6.07, 6.45) is 2.32. The molecule has 1 fully saturated rings. The van der Waals surface area contributed by atoms with Gasteiger partial charge < -0.3 is 15.5 Å². The fraction of sp³-hybridized carbons (Fsp3) is 0.444. The molecule has 0 saturated carbocycles. The van der Waals surface area contributed by atoms with E-state index < -0.39 is 9.84 Å². The average Bonchev–Trinajstić information content (AvgIpc) is 2.82. The maximum atomic E-state index is 11.4. The minimum Gasteiger partial charge on any atom is -0.409 e. The SMILES string of the molecule is N/C(=N/O)c1cccn1C1CCS(=O)(=O)C1. The normalized spacial score (nSPS) is 24.8. The number of hydrogen-bond donors (Lipinski definition) is 2. The Hall–Kier alpha value is -1.50. The fourth-order valence-corrected chi connectivity index (χ4v) is 3.69. The van der Waals surface area contributed by atoms with E-state index in [0.717, 1.165) is 0 Å². The largest absolute Gasteiger partial charge is 0.409 e. The van der Waals surface area contributed by atoms with Crippen LogP contribution in [0.2, 0.25) is 0 Å². The molecule has 0 bridgehead atoms. The number of rotatable bonds is 2. The lowest BCUT2D eigenvalue weighted by Gasteiger charge is -2.13. The number of sulfone groups is 1. The molecule has 1 saturated heterocycles. The molecule has 0 aromatic carbocycles. The molecule has 0 amide bonds. The van der Waals surface area contributed by atoms with Crippen LogP contribution in [0.4, 0.5) is 0 Å². The molecule has 2 heterocycles. The van der Waals surface area contributed by atoms with Crippen molar-refractivity contribution >= 4 is 15.7 Å². The van der Waals surface area contributed by atoms with Gasteiger partial charge in [0.25, 0.3) is 0 Å². The molecule has 3 N–H and O–H groups in total. The molecule has 0 aliphatic carbocycles. The Morgan fingerprint density at radius 1 is 1.62 bits per heavy atom. The molecule has 1 unspecified atom stereocenters. The van der Waals surface area contributed by atoms with Crippen molar-refractivity contribution in [3.8, 4) is 0 Å². The molecule has 88 valence electrons. The van der Waals surface area contributed by atoms with Crippen molar-refractivity contribution in [3.05, 3.63) is 24.0 Å². The monoisotopic (exact) mass is 243 g/mol. The second-order valence-corrected chi connectivity index (χ2v) is 6.07. The molecule has 16 heavy (non-hydrogen) atoms. The van der Waals surface area contributed by atoms with E-state index in [4.69, 9.17) is 10.9 Å². The molecule has 1 aliphatic rings. The lowest BCUT2D eigenvalue weighted by molar-refractivity contribution is 0.318. The Bertz CT molecular complexity index is 518.